The average Bonchev–Trinajstić information content (AvgIpc) is 3.08. The summed E-state index contributed by atoms with van der Waals surface area (Å²) in [6, 6.07) is 14.7. The van der Waals surface area contributed by atoms with Crippen molar-refractivity contribution in [3.05, 3.63) is 96.5 Å². The number of carbonyl (C=O) groups is 2. The first-order valence-corrected chi connectivity index (χ1v) is 13.1. The smallest absolute Gasteiger partial charge is 0.293 e. The van der Waals surface area contributed by atoms with Gasteiger partial charge in [-0.05, 0) is 82.2 Å². The number of hydrogen-bond acceptors (Lipinski definition) is 5. The molecule has 1 aliphatic heterocycles. The van der Waals surface area contributed by atoms with Crippen molar-refractivity contribution < 1.29 is 23.5 Å². The van der Waals surface area contributed by atoms with Gasteiger partial charge in [-0.3, -0.25) is 14.5 Å². The van der Waals surface area contributed by atoms with Gasteiger partial charge in [-0.25, -0.2) is 4.39 Å². The second kappa shape index (κ2) is 11.7. The summed E-state index contributed by atoms with van der Waals surface area (Å²) < 4.78 is 25.7. The van der Waals surface area contributed by atoms with Gasteiger partial charge < -0.3 is 9.47 Å². The van der Waals surface area contributed by atoms with Crippen LogP contribution in [0.5, 0.6) is 11.5 Å². The number of thioether (sulfide) groups is 1. The normalized spacial score (nSPS) is 14.6. The summed E-state index contributed by atoms with van der Waals surface area (Å²) in [4.78, 5) is 26.9. The van der Waals surface area contributed by atoms with Crippen molar-refractivity contribution in [1.29, 1.82) is 0 Å². The fourth-order valence-corrected chi connectivity index (χ4v) is 5.28. The lowest BCUT2D eigenvalue weighted by molar-refractivity contribution is -0.123. The molecule has 1 aliphatic rings. The van der Waals surface area contributed by atoms with Crippen LogP contribution >= 0.6 is 50.9 Å². The minimum atomic E-state index is -0.493. The Morgan fingerprint density at radius 1 is 1.03 bits per heavy atom. The van der Waals surface area contributed by atoms with Crippen LogP contribution in [-0.4, -0.2) is 22.7 Å². The SMILES string of the molecule is CCOc1cc(/C=C2\SC(=O)N(Cc3ccc(F)cc3Cl)C2=O)cc(Br)c1OCc1ccccc1Cl. The number of amides is 2. The highest BCUT2D eigenvalue weighted by atomic mass is 79.9. The molecule has 0 aliphatic carbocycles. The first-order valence-electron chi connectivity index (χ1n) is 10.8. The summed E-state index contributed by atoms with van der Waals surface area (Å²) in [6.07, 6.45) is 1.61. The molecule has 4 rings (SSSR count). The van der Waals surface area contributed by atoms with Gasteiger partial charge >= 0.3 is 0 Å². The molecule has 0 spiro atoms. The van der Waals surface area contributed by atoms with Crippen molar-refractivity contribution >= 4 is 68.1 Å². The van der Waals surface area contributed by atoms with E-state index in [9.17, 15) is 14.0 Å². The Morgan fingerprint density at radius 2 is 1.81 bits per heavy atom. The zero-order valence-electron chi connectivity index (χ0n) is 18.9. The molecule has 36 heavy (non-hydrogen) atoms. The third-order valence-electron chi connectivity index (χ3n) is 5.18. The minimum Gasteiger partial charge on any atom is -0.490 e. The Morgan fingerprint density at radius 3 is 2.53 bits per heavy atom. The Hall–Kier alpha value is -2.52. The Bertz CT molecular complexity index is 1370. The number of nitrogens with zero attached hydrogens (tertiary/aromatic N) is 1. The highest BCUT2D eigenvalue weighted by Gasteiger charge is 2.35. The van der Waals surface area contributed by atoms with Crippen LogP contribution < -0.4 is 9.47 Å². The van der Waals surface area contributed by atoms with Crippen LogP contribution in [0.3, 0.4) is 0 Å². The van der Waals surface area contributed by atoms with Crippen molar-refractivity contribution in [3.8, 4) is 11.5 Å². The van der Waals surface area contributed by atoms with Gasteiger partial charge in [0.2, 0.25) is 0 Å². The number of halogens is 4. The van der Waals surface area contributed by atoms with Crippen LogP contribution in [0.25, 0.3) is 6.08 Å². The topological polar surface area (TPSA) is 55.8 Å². The molecule has 1 fully saturated rings. The molecule has 0 saturated carbocycles. The molecular formula is C26H19BrCl2FNO4S. The van der Waals surface area contributed by atoms with E-state index in [1.807, 2.05) is 25.1 Å². The molecule has 1 saturated heterocycles. The van der Waals surface area contributed by atoms with Crippen molar-refractivity contribution in [1.82, 2.24) is 4.90 Å². The molecule has 0 unspecified atom stereocenters. The molecule has 0 bridgehead atoms. The van der Waals surface area contributed by atoms with Gasteiger partial charge in [0.25, 0.3) is 11.1 Å². The molecule has 0 aromatic heterocycles. The molecule has 10 heteroatoms. The highest BCUT2D eigenvalue weighted by molar-refractivity contribution is 9.10. The van der Waals surface area contributed by atoms with Gasteiger partial charge in [-0.2, -0.15) is 0 Å². The quantitative estimate of drug-likeness (QED) is 0.241. The zero-order valence-corrected chi connectivity index (χ0v) is 22.8. The zero-order chi connectivity index (χ0) is 25.8. The molecule has 0 atom stereocenters. The summed E-state index contributed by atoms with van der Waals surface area (Å²) in [5, 5.41) is 0.312. The summed E-state index contributed by atoms with van der Waals surface area (Å²) in [5.74, 6) is 0.0155. The number of carbonyl (C=O) groups excluding carboxylic acids is 2. The minimum absolute atomic E-state index is 0.0518. The van der Waals surface area contributed by atoms with Gasteiger partial charge in [0.1, 0.15) is 12.4 Å². The summed E-state index contributed by atoms with van der Waals surface area (Å²) in [6.45, 7) is 2.43. The maximum Gasteiger partial charge on any atom is 0.293 e. The molecule has 186 valence electrons. The van der Waals surface area contributed by atoms with E-state index in [-0.39, 0.29) is 23.1 Å². The van der Waals surface area contributed by atoms with Crippen LogP contribution in [0.4, 0.5) is 9.18 Å². The van der Waals surface area contributed by atoms with Crippen molar-refractivity contribution in [2.24, 2.45) is 0 Å². The van der Waals surface area contributed by atoms with E-state index in [2.05, 4.69) is 15.9 Å². The first-order chi connectivity index (χ1) is 17.3. The lowest BCUT2D eigenvalue weighted by atomic mass is 10.1. The molecule has 3 aromatic rings. The predicted molar refractivity (Wildman–Crippen MR) is 144 cm³/mol. The van der Waals surface area contributed by atoms with E-state index in [4.69, 9.17) is 32.7 Å². The third kappa shape index (κ3) is 6.06. The van der Waals surface area contributed by atoms with Crippen molar-refractivity contribution in [3.63, 3.8) is 0 Å². The highest BCUT2D eigenvalue weighted by Crippen LogP contribution is 2.40. The summed E-state index contributed by atoms with van der Waals surface area (Å²) in [5.41, 5.74) is 1.94. The monoisotopic (exact) mass is 609 g/mol. The second-order valence-corrected chi connectivity index (χ2v) is 10.3. The molecule has 0 radical (unpaired) electrons. The van der Waals surface area contributed by atoms with Gasteiger partial charge in [-0.1, -0.05) is 47.5 Å². The Labute approximate surface area is 230 Å². The van der Waals surface area contributed by atoms with Crippen LogP contribution in [0.1, 0.15) is 23.6 Å². The number of imide groups is 1. The van der Waals surface area contributed by atoms with Crippen LogP contribution in [0.15, 0.2) is 64.0 Å². The lowest BCUT2D eigenvalue weighted by Gasteiger charge is -2.15. The summed E-state index contributed by atoms with van der Waals surface area (Å²) in [7, 11) is 0. The number of ether oxygens (including phenoxy) is 2. The first kappa shape index (κ1) is 26.5. The molecule has 0 N–H and O–H groups in total. The van der Waals surface area contributed by atoms with E-state index < -0.39 is 17.0 Å². The Kier molecular flexibility index (Phi) is 8.62. The average molecular weight is 611 g/mol. The maximum absolute atomic E-state index is 13.3. The van der Waals surface area contributed by atoms with E-state index in [1.54, 1.807) is 24.3 Å². The van der Waals surface area contributed by atoms with Gasteiger partial charge in [0.05, 0.1) is 22.5 Å². The van der Waals surface area contributed by atoms with E-state index >= 15 is 0 Å². The summed E-state index contributed by atoms with van der Waals surface area (Å²) >= 11 is 16.7. The fourth-order valence-electron chi connectivity index (χ4n) is 3.45. The lowest BCUT2D eigenvalue weighted by Crippen LogP contribution is -2.27. The van der Waals surface area contributed by atoms with Gasteiger partial charge in [-0.15, -0.1) is 0 Å². The third-order valence-corrected chi connectivity index (χ3v) is 7.39. The van der Waals surface area contributed by atoms with Crippen molar-refractivity contribution in [2.75, 3.05) is 6.61 Å². The van der Waals surface area contributed by atoms with E-state index in [1.165, 1.54) is 12.1 Å². The standard InChI is InChI=1S/C26H19BrCl2FNO4S/c1-2-34-22-10-15(9-19(27)24(22)35-14-17-5-3-4-6-20(17)28)11-23-25(32)31(26(33)36-23)13-16-7-8-18(30)12-21(16)29/h3-12H,2,13-14H2,1H3/b23-11-. The Balaban J connectivity index is 1.56. The molecule has 2 amide bonds. The van der Waals surface area contributed by atoms with E-state index in [0.29, 0.717) is 38.7 Å². The molecule has 1 heterocycles. The van der Waals surface area contributed by atoms with Gasteiger partial charge in [0.15, 0.2) is 11.5 Å². The number of benzene rings is 3. The predicted octanol–water partition coefficient (Wildman–Crippen LogP) is 8.11. The molecule has 3 aromatic carbocycles. The second-order valence-electron chi connectivity index (χ2n) is 7.65. The maximum atomic E-state index is 13.3. The van der Waals surface area contributed by atoms with E-state index in [0.717, 1.165) is 28.3 Å². The number of rotatable bonds is 8. The largest absolute Gasteiger partial charge is 0.490 e. The van der Waals surface area contributed by atoms with Crippen LogP contribution in [0, 0.1) is 5.82 Å². The molecule has 5 nitrogen and oxygen atoms in total. The van der Waals surface area contributed by atoms with Gasteiger partial charge in [0, 0.05) is 15.6 Å². The van der Waals surface area contributed by atoms with Crippen LogP contribution in [0.2, 0.25) is 10.0 Å². The number of hydrogen-bond donors (Lipinski definition) is 0. The fraction of sp³-hybridized carbons (Fsp3) is 0.154. The molecular weight excluding hydrogens is 592 g/mol. The van der Waals surface area contributed by atoms with Crippen LogP contribution in [-0.2, 0) is 17.9 Å². The van der Waals surface area contributed by atoms with Crippen molar-refractivity contribution in [2.45, 2.75) is 20.1 Å².